The molecule has 0 aliphatic carbocycles. The van der Waals surface area contributed by atoms with Crippen LogP contribution in [0.4, 0.5) is 8.78 Å². The highest BCUT2D eigenvalue weighted by molar-refractivity contribution is 9.10. The fourth-order valence-electron chi connectivity index (χ4n) is 2.28. The maximum atomic E-state index is 13.9. The summed E-state index contributed by atoms with van der Waals surface area (Å²) in [6.45, 7) is 4.23. The van der Waals surface area contributed by atoms with E-state index in [1.54, 1.807) is 7.05 Å². The van der Waals surface area contributed by atoms with Crippen molar-refractivity contribution < 1.29 is 8.78 Å². The summed E-state index contributed by atoms with van der Waals surface area (Å²) >= 11 is 3.09. The van der Waals surface area contributed by atoms with E-state index < -0.39 is 11.6 Å². The lowest BCUT2D eigenvalue weighted by molar-refractivity contribution is 0.386. The lowest BCUT2D eigenvalue weighted by atomic mass is 9.92. The second kappa shape index (κ2) is 7.19. The van der Waals surface area contributed by atoms with Crippen LogP contribution in [0.25, 0.3) is 0 Å². The molecule has 1 nitrogen and oxygen atoms in total. The maximum Gasteiger partial charge on any atom is 0.132 e. The highest BCUT2D eigenvalue weighted by atomic mass is 79.9. The Morgan fingerprint density at radius 3 is 2.28 bits per heavy atom. The summed E-state index contributed by atoms with van der Waals surface area (Å²) in [7, 11) is 1.74. The lowest BCUT2D eigenvalue weighted by Crippen LogP contribution is -2.21. The van der Waals surface area contributed by atoms with E-state index >= 15 is 0 Å². The lowest BCUT2D eigenvalue weighted by Gasteiger charge is -2.22. The molecule has 0 radical (unpaired) electrons. The van der Waals surface area contributed by atoms with Crippen LogP contribution in [-0.4, -0.2) is 7.05 Å². The molecule has 0 bridgehead atoms. The first-order valence-corrected chi connectivity index (χ1v) is 7.10. The quantitative estimate of drug-likeness (QED) is 0.793. The van der Waals surface area contributed by atoms with Gasteiger partial charge in [0.2, 0.25) is 0 Å². The molecule has 1 rings (SSSR count). The average molecular weight is 320 g/mol. The van der Waals surface area contributed by atoms with E-state index in [0.29, 0.717) is 10.4 Å². The molecule has 0 spiro atoms. The Hall–Kier alpha value is -0.480. The molecule has 0 saturated heterocycles. The molecule has 102 valence electrons. The third-order valence-electron chi connectivity index (χ3n) is 3.16. The van der Waals surface area contributed by atoms with Gasteiger partial charge in [0.15, 0.2) is 0 Å². The Labute approximate surface area is 116 Å². The summed E-state index contributed by atoms with van der Waals surface area (Å²) in [6, 6.07) is 2.35. The van der Waals surface area contributed by atoms with Gasteiger partial charge in [0.05, 0.1) is 0 Å². The molecular formula is C14H20BrF2N. The second-order valence-electron chi connectivity index (χ2n) is 4.75. The zero-order chi connectivity index (χ0) is 13.7. The molecule has 0 saturated carbocycles. The Balaban J connectivity index is 2.95. The van der Waals surface area contributed by atoms with E-state index in [2.05, 4.69) is 35.1 Å². The van der Waals surface area contributed by atoms with Crippen LogP contribution in [0.3, 0.4) is 0 Å². The van der Waals surface area contributed by atoms with Crippen molar-refractivity contribution >= 4 is 15.9 Å². The van der Waals surface area contributed by atoms with Crippen molar-refractivity contribution in [2.24, 2.45) is 5.92 Å². The Kier molecular flexibility index (Phi) is 6.22. The molecule has 4 heteroatoms. The zero-order valence-corrected chi connectivity index (χ0v) is 12.7. The van der Waals surface area contributed by atoms with E-state index in [-0.39, 0.29) is 11.6 Å². The van der Waals surface area contributed by atoms with Gasteiger partial charge in [0, 0.05) is 16.1 Å². The predicted octanol–water partition coefficient (Wildman–Crippen LogP) is 4.81. The highest BCUT2D eigenvalue weighted by Gasteiger charge is 2.21. The first-order chi connectivity index (χ1) is 8.49. The van der Waals surface area contributed by atoms with Crippen LogP contribution >= 0.6 is 15.9 Å². The van der Waals surface area contributed by atoms with Crippen molar-refractivity contribution in [1.29, 1.82) is 0 Å². The SMILES string of the molecule is CCCC(C)CC(NC)c1c(F)cc(Br)cc1F. The van der Waals surface area contributed by atoms with E-state index in [1.807, 2.05) is 0 Å². The van der Waals surface area contributed by atoms with Crippen molar-refractivity contribution in [1.82, 2.24) is 5.32 Å². The van der Waals surface area contributed by atoms with Crippen LogP contribution in [0.15, 0.2) is 16.6 Å². The number of hydrogen-bond donors (Lipinski definition) is 1. The van der Waals surface area contributed by atoms with Gasteiger partial charge in [0.1, 0.15) is 11.6 Å². The summed E-state index contributed by atoms with van der Waals surface area (Å²) in [5.74, 6) is -0.551. The van der Waals surface area contributed by atoms with Crippen LogP contribution in [-0.2, 0) is 0 Å². The molecule has 0 amide bonds. The van der Waals surface area contributed by atoms with Crippen molar-refractivity contribution in [2.75, 3.05) is 7.05 Å². The van der Waals surface area contributed by atoms with Gasteiger partial charge in [-0.25, -0.2) is 8.78 Å². The van der Waals surface area contributed by atoms with Crippen molar-refractivity contribution in [3.05, 3.63) is 33.8 Å². The van der Waals surface area contributed by atoms with Crippen LogP contribution in [0, 0.1) is 17.6 Å². The average Bonchev–Trinajstić information content (AvgIpc) is 2.26. The molecule has 0 fully saturated rings. The van der Waals surface area contributed by atoms with Crippen molar-refractivity contribution in [3.63, 3.8) is 0 Å². The summed E-state index contributed by atoms with van der Waals surface area (Å²) in [4.78, 5) is 0. The molecule has 18 heavy (non-hydrogen) atoms. The zero-order valence-electron chi connectivity index (χ0n) is 11.1. The summed E-state index contributed by atoms with van der Waals surface area (Å²) < 4.78 is 28.2. The Morgan fingerprint density at radius 2 is 1.83 bits per heavy atom. The maximum absolute atomic E-state index is 13.9. The second-order valence-corrected chi connectivity index (χ2v) is 5.67. The topological polar surface area (TPSA) is 12.0 Å². The third kappa shape index (κ3) is 4.02. The number of benzene rings is 1. The highest BCUT2D eigenvalue weighted by Crippen LogP contribution is 2.29. The van der Waals surface area contributed by atoms with E-state index in [9.17, 15) is 8.78 Å². The van der Waals surface area contributed by atoms with Gasteiger partial charge in [-0.3, -0.25) is 0 Å². The first-order valence-electron chi connectivity index (χ1n) is 6.31. The van der Waals surface area contributed by atoms with Crippen molar-refractivity contribution in [2.45, 2.75) is 39.2 Å². The van der Waals surface area contributed by atoms with Gasteiger partial charge in [-0.15, -0.1) is 0 Å². The predicted molar refractivity (Wildman–Crippen MR) is 74.5 cm³/mol. The fraction of sp³-hybridized carbons (Fsp3) is 0.571. The minimum absolute atomic E-state index is 0.142. The molecule has 2 unspecified atom stereocenters. The van der Waals surface area contributed by atoms with Crippen LogP contribution in [0.2, 0.25) is 0 Å². The van der Waals surface area contributed by atoms with Crippen LogP contribution < -0.4 is 5.32 Å². The monoisotopic (exact) mass is 319 g/mol. The Morgan fingerprint density at radius 1 is 1.28 bits per heavy atom. The molecule has 2 atom stereocenters. The Bertz CT molecular complexity index is 372. The van der Waals surface area contributed by atoms with Gasteiger partial charge >= 0.3 is 0 Å². The van der Waals surface area contributed by atoms with Gasteiger partial charge in [0.25, 0.3) is 0 Å². The molecule has 0 aliphatic heterocycles. The molecule has 0 aromatic heterocycles. The summed E-state index contributed by atoms with van der Waals surface area (Å²) in [6.07, 6.45) is 2.89. The number of hydrogen-bond acceptors (Lipinski definition) is 1. The van der Waals surface area contributed by atoms with Gasteiger partial charge in [-0.2, -0.15) is 0 Å². The fourth-order valence-corrected chi connectivity index (χ4v) is 2.68. The standard InChI is InChI=1S/C14H20BrF2N/c1-4-5-9(2)6-13(18-3)14-11(16)7-10(15)8-12(14)17/h7-9,13,18H,4-6H2,1-3H3. The van der Waals surface area contributed by atoms with Crippen LogP contribution in [0.5, 0.6) is 0 Å². The molecule has 1 N–H and O–H groups in total. The molecule has 0 aliphatic rings. The molecular weight excluding hydrogens is 300 g/mol. The number of halogens is 3. The van der Waals surface area contributed by atoms with E-state index in [4.69, 9.17) is 0 Å². The third-order valence-corrected chi connectivity index (χ3v) is 3.62. The summed E-state index contributed by atoms with van der Waals surface area (Å²) in [5.41, 5.74) is 0.142. The van der Waals surface area contributed by atoms with Gasteiger partial charge in [-0.1, -0.05) is 42.6 Å². The minimum Gasteiger partial charge on any atom is -0.313 e. The minimum atomic E-state index is -0.495. The first kappa shape index (κ1) is 15.6. The summed E-state index contributed by atoms with van der Waals surface area (Å²) in [5, 5.41) is 3.01. The largest absolute Gasteiger partial charge is 0.313 e. The van der Waals surface area contributed by atoms with E-state index in [1.165, 1.54) is 12.1 Å². The van der Waals surface area contributed by atoms with Gasteiger partial charge < -0.3 is 5.32 Å². The molecule has 1 aromatic carbocycles. The van der Waals surface area contributed by atoms with Crippen molar-refractivity contribution in [3.8, 4) is 0 Å². The molecule has 1 aromatic rings. The van der Waals surface area contributed by atoms with Crippen LogP contribution in [0.1, 0.15) is 44.7 Å². The molecule has 0 heterocycles. The van der Waals surface area contributed by atoms with E-state index in [0.717, 1.165) is 19.3 Å². The number of rotatable bonds is 6. The smallest absolute Gasteiger partial charge is 0.132 e. The normalized spacial score (nSPS) is 14.6. The van der Waals surface area contributed by atoms with Gasteiger partial charge in [-0.05, 0) is 31.5 Å². The number of nitrogens with one attached hydrogen (secondary N) is 1.